The predicted octanol–water partition coefficient (Wildman–Crippen LogP) is 5.48. The summed E-state index contributed by atoms with van der Waals surface area (Å²) in [5.41, 5.74) is 8.84. The normalized spacial score (nSPS) is 13.6. The van der Waals surface area contributed by atoms with E-state index in [0.29, 0.717) is 12.2 Å². The molecule has 27 heavy (non-hydrogen) atoms. The van der Waals surface area contributed by atoms with Crippen LogP contribution in [0, 0.1) is 27.7 Å². The van der Waals surface area contributed by atoms with Crippen LogP contribution in [0.25, 0.3) is 11.0 Å². The fourth-order valence-corrected chi connectivity index (χ4v) is 4.19. The Kier molecular flexibility index (Phi) is 4.55. The number of aryl methyl sites for hydroxylation is 3. The summed E-state index contributed by atoms with van der Waals surface area (Å²) < 4.78 is 11.7. The van der Waals surface area contributed by atoms with E-state index < -0.39 is 0 Å². The van der Waals surface area contributed by atoms with Gasteiger partial charge in [0.2, 0.25) is 0 Å². The van der Waals surface area contributed by atoms with E-state index in [1.807, 2.05) is 18.2 Å². The van der Waals surface area contributed by atoms with Crippen LogP contribution in [0.15, 0.2) is 33.5 Å². The lowest BCUT2D eigenvalue weighted by atomic mass is 9.91. The number of benzene rings is 2. The van der Waals surface area contributed by atoms with Crippen molar-refractivity contribution in [3.05, 3.63) is 73.6 Å². The molecule has 1 heterocycles. The van der Waals surface area contributed by atoms with E-state index in [4.69, 9.17) is 9.15 Å². The Bertz CT molecular complexity index is 1060. The lowest BCUT2D eigenvalue weighted by Gasteiger charge is -2.17. The van der Waals surface area contributed by atoms with Crippen LogP contribution in [0.5, 0.6) is 5.75 Å². The van der Waals surface area contributed by atoms with Gasteiger partial charge in [0.1, 0.15) is 17.9 Å². The Morgan fingerprint density at radius 3 is 2.30 bits per heavy atom. The molecule has 0 amide bonds. The molecule has 3 aromatic rings. The predicted molar refractivity (Wildman–Crippen MR) is 109 cm³/mol. The van der Waals surface area contributed by atoms with E-state index in [1.165, 1.54) is 33.4 Å². The molecule has 4 rings (SSSR count). The van der Waals surface area contributed by atoms with Gasteiger partial charge < -0.3 is 9.15 Å². The van der Waals surface area contributed by atoms with Crippen LogP contribution in [0.2, 0.25) is 0 Å². The average molecular weight is 362 g/mol. The third-order valence-corrected chi connectivity index (χ3v) is 6.10. The highest BCUT2D eigenvalue weighted by molar-refractivity contribution is 5.82. The summed E-state index contributed by atoms with van der Waals surface area (Å²) in [6.07, 6.45) is 3.99. The van der Waals surface area contributed by atoms with E-state index in [-0.39, 0.29) is 5.63 Å². The van der Waals surface area contributed by atoms with Crippen molar-refractivity contribution < 1.29 is 9.15 Å². The van der Waals surface area contributed by atoms with Crippen molar-refractivity contribution >= 4 is 11.0 Å². The highest BCUT2D eigenvalue weighted by Gasteiger charge is 2.18. The summed E-state index contributed by atoms with van der Waals surface area (Å²) in [4.78, 5) is 12.3. The minimum absolute atomic E-state index is 0.185. The Labute approximate surface area is 160 Å². The molecule has 1 aliphatic carbocycles. The fraction of sp³-hybridized carbons (Fsp3) is 0.375. The van der Waals surface area contributed by atoms with Crippen LogP contribution in [0.4, 0.5) is 0 Å². The summed E-state index contributed by atoms with van der Waals surface area (Å²) >= 11 is 0. The molecule has 1 aromatic heterocycles. The van der Waals surface area contributed by atoms with Crippen LogP contribution in [-0.2, 0) is 19.4 Å². The summed E-state index contributed by atoms with van der Waals surface area (Å²) in [5, 5.41) is 1.05. The molecule has 0 spiro atoms. The molecule has 0 N–H and O–H groups in total. The summed E-state index contributed by atoms with van der Waals surface area (Å²) in [6, 6.07) is 8.12. The van der Waals surface area contributed by atoms with Gasteiger partial charge in [-0.3, -0.25) is 0 Å². The first kappa shape index (κ1) is 17.8. The van der Waals surface area contributed by atoms with Gasteiger partial charge in [0.05, 0.1) is 0 Å². The first-order valence-electron chi connectivity index (χ1n) is 9.73. The smallest absolute Gasteiger partial charge is 0.339 e. The minimum Gasteiger partial charge on any atom is -0.489 e. The maximum Gasteiger partial charge on any atom is 0.339 e. The second-order valence-electron chi connectivity index (χ2n) is 7.74. The third-order valence-electron chi connectivity index (χ3n) is 6.10. The van der Waals surface area contributed by atoms with Crippen molar-refractivity contribution in [1.29, 1.82) is 0 Å². The minimum atomic E-state index is -0.185. The van der Waals surface area contributed by atoms with Gasteiger partial charge in [-0.1, -0.05) is 6.07 Å². The van der Waals surface area contributed by atoms with Gasteiger partial charge >= 0.3 is 5.63 Å². The molecule has 0 bridgehead atoms. The number of ether oxygens (including phenoxy) is 1. The van der Waals surface area contributed by atoms with E-state index in [0.717, 1.165) is 42.4 Å². The van der Waals surface area contributed by atoms with E-state index in [2.05, 4.69) is 33.8 Å². The first-order chi connectivity index (χ1) is 13.0. The SMILES string of the molecule is Cc1cc(C)c(C)c(COc2ccc3c4c(c(=O)oc3c2)CCCC4)c1C. The molecule has 0 saturated heterocycles. The number of hydrogen-bond donors (Lipinski definition) is 0. The second kappa shape index (κ2) is 6.88. The van der Waals surface area contributed by atoms with Crippen molar-refractivity contribution in [2.75, 3.05) is 0 Å². The van der Waals surface area contributed by atoms with Gasteiger partial charge in [0, 0.05) is 17.0 Å². The van der Waals surface area contributed by atoms with Gasteiger partial charge in [-0.05, 0) is 98.9 Å². The number of rotatable bonds is 3. The fourth-order valence-electron chi connectivity index (χ4n) is 4.19. The maximum atomic E-state index is 12.3. The molecular formula is C24H26O3. The van der Waals surface area contributed by atoms with Crippen molar-refractivity contribution in [2.24, 2.45) is 0 Å². The summed E-state index contributed by atoms with van der Waals surface area (Å²) in [7, 11) is 0. The Hall–Kier alpha value is -2.55. The van der Waals surface area contributed by atoms with Gasteiger partial charge in [-0.15, -0.1) is 0 Å². The zero-order chi connectivity index (χ0) is 19.1. The molecule has 0 radical (unpaired) electrons. The molecule has 0 saturated carbocycles. The second-order valence-corrected chi connectivity index (χ2v) is 7.74. The Morgan fingerprint density at radius 2 is 1.59 bits per heavy atom. The Balaban J connectivity index is 1.67. The van der Waals surface area contributed by atoms with Crippen LogP contribution in [0.1, 0.15) is 51.8 Å². The molecule has 1 aliphatic rings. The van der Waals surface area contributed by atoms with E-state index in [1.54, 1.807) is 0 Å². The number of fused-ring (bicyclic) bond motifs is 3. The molecule has 0 unspecified atom stereocenters. The highest BCUT2D eigenvalue weighted by atomic mass is 16.5. The summed E-state index contributed by atoms with van der Waals surface area (Å²) in [6.45, 7) is 9.08. The van der Waals surface area contributed by atoms with Gasteiger partial charge in [-0.2, -0.15) is 0 Å². The molecule has 0 aliphatic heterocycles. The first-order valence-corrected chi connectivity index (χ1v) is 9.73. The lowest BCUT2D eigenvalue weighted by Crippen LogP contribution is -2.15. The van der Waals surface area contributed by atoms with Crippen LogP contribution < -0.4 is 10.4 Å². The van der Waals surface area contributed by atoms with Crippen molar-refractivity contribution in [2.45, 2.75) is 60.0 Å². The van der Waals surface area contributed by atoms with Gasteiger partial charge in [-0.25, -0.2) is 4.79 Å². The van der Waals surface area contributed by atoms with Crippen LogP contribution in [0.3, 0.4) is 0 Å². The molecular weight excluding hydrogens is 336 g/mol. The van der Waals surface area contributed by atoms with E-state index in [9.17, 15) is 4.79 Å². The van der Waals surface area contributed by atoms with Gasteiger partial charge in [0.25, 0.3) is 0 Å². The molecule has 3 nitrogen and oxygen atoms in total. The van der Waals surface area contributed by atoms with E-state index >= 15 is 0 Å². The standard InChI is InChI=1S/C24H26O3/c1-14-11-15(2)17(4)22(16(14)3)13-26-18-9-10-20-19-7-5-6-8-21(19)24(25)27-23(20)12-18/h9-12H,5-8,13H2,1-4H3. The molecule has 140 valence electrons. The lowest BCUT2D eigenvalue weighted by molar-refractivity contribution is 0.304. The zero-order valence-corrected chi connectivity index (χ0v) is 16.6. The van der Waals surface area contributed by atoms with Crippen LogP contribution >= 0.6 is 0 Å². The highest BCUT2D eigenvalue weighted by Crippen LogP contribution is 2.30. The number of hydrogen-bond acceptors (Lipinski definition) is 3. The van der Waals surface area contributed by atoms with Crippen molar-refractivity contribution in [3.63, 3.8) is 0 Å². The zero-order valence-electron chi connectivity index (χ0n) is 16.6. The maximum absolute atomic E-state index is 12.3. The molecule has 3 heteroatoms. The largest absolute Gasteiger partial charge is 0.489 e. The van der Waals surface area contributed by atoms with Crippen LogP contribution in [-0.4, -0.2) is 0 Å². The van der Waals surface area contributed by atoms with Crippen molar-refractivity contribution in [1.82, 2.24) is 0 Å². The summed E-state index contributed by atoms with van der Waals surface area (Å²) in [5.74, 6) is 0.736. The van der Waals surface area contributed by atoms with Gasteiger partial charge in [0.15, 0.2) is 0 Å². The molecule has 0 atom stereocenters. The van der Waals surface area contributed by atoms with Crippen molar-refractivity contribution in [3.8, 4) is 5.75 Å². The topological polar surface area (TPSA) is 39.4 Å². The quantitative estimate of drug-likeness (QED) is 0.579. The average Bonchev–Trinajstić information content (AvgIpc) is 2.66. The molecule has 0 fully saturated rings. The third kappa shape index (κ3) is 3.16. The Morgan fingerprint density at radius 1 is 0.926 bits per heavy atom. The monoisotopic (exact) mass is 362 g/mol. The molecule has 2 aromatic carbocycles.